The third-order valence-corrected chi connectivity index (χ3v) is 2.59. The second-order valence-electron chi connectivity index (χ2n) is 5.22. The van der Waals surface area contributed by atoms with Crippen LogP contribution in [-0.4, -0.2) is 28.8 Å². The van der Waals surface area contributed by atoms with E-state index in [0.29, 0.717) is 6.42 Å². The molecule has 0 amide bonds. The molecule has 1 saturated carbocycles. The van der Waals surface area contributed by atoms with Crippen LogP contribution in [0.15, 0.2) is 0 Å². The lowest BCUT2D eigenvalue weighted by Gasteiger charge is -2.33. The quantitative estimate of drug-likeness (QED) is 0.635. The first kappa shape index (κ1) is 12.5. The molecule has 0 radical (unpaired) electrons. The van der Waals surface area contributed by atoms with Gasteiger partial charge in [-0.1, -0.05) is 0 Å². The summed E-state index contributed by atoms with van der Waals surface area (Å²) in [4.78, 5) is 11.8. The van der Waals surface area contributed by atoms with E-state index in [0.717, 1.165) is 12.8 Å². The van der Waals surface area contributed by atoms with Crippen molar-refractivity contribution in [3.8, 4) is 0 Å². The minimum atomic E-state index is -0.649. The summed E-state index contributed by atoms with van der Waals surface area (Å²) in [6.45, 7) is 5.43. The van der Waals surface area contributed by atoms with Crippen molar-refractivity contribution < 1.29 is 14.6 Å². The normalized spacial score (nSPS) is 32.5. The van der Waals surface area contributed by atoms with Crippen molar-refractivity contribution >= 4 is 5.97 Å². The molecule has 4 nitrogen and oxygen atoms in total. The van der Waals surface area contributed by atoms with Crippen LogP contribution in [0.1, 0.15) is 40.0 Å². The van der Waals surface area contributed by atoms with Crippen molar-refractivity contribution in [3.63, 3.8) is 0 Å². The van der Waals surface area contributed by atoms with Gasteiger partial charge in [-0.15, -0.1) is 0 Å². The van der Waals surface area contributed by atoms with Crippen molar-refractivity contribution in [2.24, 2.45) is 11.7 Å². The smallest absolute Gasteiger partial charge is 0.313 e. The highest BCUT2D eigenvalue weighted by atomic mass is 16.6. The third kappa shape index (κ3) is 3.47. The lowest BCUT2D eigenvalue weighted by Crippen LogP contribution is -2.48. The van der Waals surface area contributed by atoms with Gasteiger partial charge in [-0.2, -0.15) is 0 Å². The van der Waals surface area contributed by atoms with Crippen LogP contribution in [0.25, 0.3) is 0 Å². The molecule has 0 aromatic heterocycles. The summed E-state index contributed by atoms with van der Waals surface area (Å²) in [5.41, 5.74) is 5.31. The average molecular weight is 215 g/mol. The zero-order valence-electron chi connectivity index (χ0n) is 9.69. The van der Waals surface area contributed by atoms with E-state index < -0.39 is 17.6 Å². The van der Waals surface area contributed by atoms with Crippen LogP contribution in [0.2, 0.25) is 0 Å². The molecule has 15 heavy (non-hydrogen) atoms. The monoisotopic (exact) mass is 215 g/mol. The molecule has 0 bridgehead atoms. The van der Waals surface area contributed by atoms with Gasteiger partial charge >= 0.3 is 5.97 Å². The maximum absolute atomic E-state index is 11.8. The van der Waals surface area contributed by atoms with Gasteiger partial charge in [0, 0.05) is 6.04 Å². The van der Waals surface area contributed by atoms with Crippen LogP contribution in [0.3, 0.4) is 0 Å². The SMILES string of the molecule is CC(C)(C)OC(=O)[C@@H]1[C@@H](N)CCC[C@@H]1O. The zero-order valence-corrected chi connectivity index (χ0v) is 9.69. The number of hydrogen-bond acceptors (Lipinski definition) is 4. The zero-order chi connectivity index (χ0) is 11.6. The topological polar surface area (TPSA) is 72.5 Å². The van der Waals surface area contributed by atoms with Crippen molar-refractivity contribution in [3.05, 3.63) is 0 Å². The van der Waals surface area contributed by atoms with Crippen LogP contribution >= 0.6 is 0 Å². The van der Waals surface area contributed by atoms with Crippen molar-refractivity contribution in [1.82, 2.24) is 0 Å². The highest BCUT2D eigenvalue weighted by Crippen LogP contribution is 2.26. The van der Waals surface area contributed by atoms with Gasteiger partial charge in [0.2, 0.25) is 0 Å². The van der Waals surface area contributed by atoms with Gasteiger partial charge in [0.15, 0.2) is 0 Å². The molecule has 0 aliphatic heterocycles. The van der Waals surface area contributed by atoms with Gasteiger partial charge in [-0.25, -0.2) is 0 Å². The molecule has 3 atom stereocenters. The Kier molecular flexibility index (Phi) is 3.73. The van der Waals surface area contributed by atoms with Gasteiger partial charge in [0.05, 0.1) is 12.0 Å². The molecule has 4 heteroatoms. The second-order valence-corrected chi connectivity index (χ2v) is 5.22. The minimum absolute atomic E-state index is 0.274. The summed E-state index contributed by atoms with van der Waals surface area (Å²) in [5.74, 6) is -0.930. The van der Waals surface area contributed by atoms with Crippen LogP contribution in [0.4, 0.5) is 0 Å². The molecule has 0 saturated heterocycles. The maximum atomic E-state index is 11.8. The van der Waals surface area contributed by atoms with E-state index in [1.54, 1.807) is 0 Å². The second kappa shape index (κ2) is 4.49. The fraction of sp³-hybridized carbons (Fsp3) is 0.909. The summed E-state index contributed by atoms with van der Waals surface area (Å²) in [7, 11) is 0. The van der Waals surface area contributed by atoms with E-state index in [-0.39, 0.29) is 12.0 Å². The molecule has 1 rings (SSSR count). The Bertz CT molecular complexity index is 224. The van der Waals surface area contributed by atoms with Crippen molar-refractivity contribution in [2.75, 3.05) is 0 Å². The highest BCUT2D eigenvalue weighted by Gasteiger charge is 2.38. The third-order valence-electron chi connectivity index (χ3n) is 2.59. The molecule has 0 unspecified atom stereocenters. The van der Waals surface area contributed by atoms with Gasteiger partial charge in [0.25, 0.3) is 0 Å². The highest BCUT2D eigenvalue weighted by molar-refractivity contribution is 5.74. The first-order chi connectivity index (χ1) is 6.81. The number of rotatable bonds is 1. The number of aliphatic hydroxyl groups excluding tert-OH is 1. The van der Waals surface area contributed by atoms with E-state index in [1.807, 2.05) is 20.8 Å². The van der Waals surface area contributed by atoms with Gasteiger partial charge in [0.1, 0.15) is 5.60 Å². The Balaban J connectivity index is 2.64. The number of carbonyl (C=O) groups excluding carboxylic acids is 1. The van der Waals surface area contributed by atoms with E-state index in [2.05, 4.69) is 0 Å². The summed E-state index contributed by atoms with van der Waals surface area (Å²) in [6.07, 6.45) is 1.64. The number of carbonyl (C=O) groups is 1. The summed E-state index contributed by atoms with van der Waals surface area (Å²) < 4.78 is 5.24. The van der Waals surface area contributed by atoms with E-state index in [1.165, 1.54) is 0 Å². The fourth-order valence-corrected chi connectivity index (χ4v) is 1.91. The van der Waals surface area contributed by atoms with Crippen LogP contribution < -0.4 is 5.73 Å². The summed E-state index contributed by atoms with van der Waals surface area (Å²) in [6, 6.07) is -0.274. The van der Waals surface area contributed by atoms with Crippen LogP contribution in [-0.2, 0) is 9.53 Å². The molecule has 3 N–H and O–H groups in total. The standard InChI is InChI=1S/C11H21NO3/c1-11(2,3)15-10(14)9-7(12)5-4-6-8(9)13/h7-9,13H,4-6,12H2,1-3H3/t7-,8-,9+/m0/s1. The summed E-state index contributed by atoms with van der Waals surface area (Å²) >= 11 is 0. The number of hydrogen-bond donors (Lipinski definition) is 2. The Morgan fingerprint density at radius 2 is 2.00 bits per heavy atom. The molecule has 0 aromatic rings. The lowest BCUT2D eigenvalue weighted by atomic mass is 9.82. The van der Waals surface area contributed by atoms with E-state index in [9.17, 15) is 9.90 Å². The van der Waals surface area contributed by atoms with E-state index in [4.69, 9.17) is 10.5 Å². The number of aliphatic hydroxyl groups is 1. The van der Waals surface area contributed by atoms with Gasteiger partial charge in [-0.05, 0) is 40.0 Å². The molecule has 1 aliphatic carbocycles. The fourth-order valence-electron chi connectivity index (χ4n) is 1.91. The molecule has 0 spiro atoms. The summed E-state index contributed by atoms with van der Waals surface area (Å²) in [5, 5.41) is 9.73. The lowest BCUT2D eigenvalue weighted by molar-refractivity contribution is -0.166. The molecule has 0 heterocycles. The first-order valence-electron chi connectivity index (χ1n) is 5.48. The van der Waals surface area contributed by atoms with Gasteiger partial charge in [-0.3, -0.25) is 4.79 Å². The Labute approximate surface area is 90.8 Å². The molecular weight excluding hydrogens is 194 g/mol. The van der Waals surface area contributed by atoms with Crippen LogP contribution in [0.5, 0.6) is 0 Å². The molecule has 0 aromatic carbocycles. The molecule has 1 fully saturated rings. The molecular formula is C11H21NO3. The first-order valence-corrected chi connectivity index (χ1v) is 5.48. The predicted molar refractivity (Wildman–Crippen MR) is 57.2 cm³/mol. The van der Waals surface area contributed by atoms with Gasteiger partial charge < -0.3 is 15.6 Å². The van der Waals surface area contributed by atoms with E-state index >= 15 is 0 Å². The molecule has 88 valence electrons. The number of nitrogens with two attached hydrogens (primary N) is 1. The number of esters is 1. The predicted octanol–water partition coefficient (Wildman–Crippen LogP) is 0.816. The Morgan fingerprint density at radius 3 is 2.47 bits per heavy atom. The average Bonchev–Trinajstić information content (AvgIpc) is 1.99. The molecule has 1 aliphatic rings. The minimum Gasteiger partial charge on any atom is -0.460 e. The number of ether oxygens (including phenoxy) is 1. The van der Waals surface area contributed by atoms with Crippen LogP contribution in [0, 0.1) is 5.92 Å². The Hall–Kier alpha value is -0.610. The Morgan fingerprint density at radius 1 is 1.40 bits per heavy atom. The maximum Gasteiger partial charge on any atom is 0.313 e. The largest absolute Gasteiger partial charge is 0.460 e. The van der Waals surface area contributed by atoms with Crippen molar-refractivity contribution in [1.29, 1.82) is 0 Å². The van der Waals surface area contributed by atoms with Crippen molar-refractivity contribution in [2.45, 2.75) is 57.8 Å².